The van der Waals surface area contributed by atoms with Crippen molar-refractivity contribution in [2.45, 2.75) is 6.92 Å². The van der Waals surface area contributed by atoms with Crippen LogP contribution in [0.2, 0.25) is 0 Å². The minimum atomic E-state index is -0.713. The summed E-state index contributed by atoms with van der Waals surface area (Å²) in [6.07, 6.45) is 1.55. The van der Waals surface area contributed by atoms with E-state index in [2.05, 4.69) is 30.2 Å². The normalized spacial score (nSPS) is 11.2. The Morgan fingerprint density at radius 1 is 0.935 bits per heavy atom. The second-order valence-electron chi connectivity index (χ2n) is 6.72. The summed E-state index contributed by atoms with van der Waals surface area (Å²) in [5.41, 5.74) is 1.04. The molecular formula is C21H13F2N7O. The number of rotatable bonds is 3. The molecule has 31 heavy (non-hydrogen) atoms. The van der Waals surface area contributed by atoms with Crippen LogP contribution >= 0.6 is 0 Å². The molecule has 0 fully saturated rings. The molecule has 0 saturated heterocycles. The first-order valence-corrected chi connectivity index (χ1v) is 9.21. The molecule has 0 amide bonds. The second-order valence-corrected chi connectivity index (χ2v) is 6.72. The van der Waals surface area contributed by atoms with Crippen molar-refractivity contribution in [3.05, 3.63) is 82.7 Å². The smallest absolute Gasteiger partial charge is 0.244 e. The number of fused-ring (bicyclic) bond motifs is 1. The zero-order valence-corrected chi connectivity index (χ0v) is 16.0. The van der Waals surface area contributed by atoms with Gasteiger partial charge in [-0.1, -0.05) is 24.3 Å². The Kier molecular flexibility index (Phi) is 4.32. The summed E-state index contributed by atoms with van der Waals surface area (Å²) >= 11 is 0. The molecule has 2 aromatic carbocycles. The van der Waals surface area contributed by atoms with Gasteiger partial charge in [0, 0.05) is 17.1 Å². The van der Waals surface area contributed by atoms with Gasteiger partial charge < -0.3 is 0 Å². The van der Waals surface area contributed by atoms with Gasteiger partial charge in [-0.2, -0.15) is 4.98 Å². The molecule has 0 radical (unpaired) electrons. The number of nitrogens with zero attached hydrogens (tertiary/aromatic N) is 6. The lowest BCUT2D eigenvalue weighted by Crippen LogP contribution is -2.08. The highest BCUT2D eigenvalue weighted by molar-refractivity contribution is 5.93. The summed E-state index contributed by atoms with van der Waals surface area (Å²) in [5.74, 6) is -0.777. The third-order valence-electron chi connectivity index (χ3n) is 4.75. The second kappa shape index (κ2) is 7.17. The SMILES string of the molecule is Cc1nc(=O)[nH]n1-c1nccc(-c2cccc3cc(-c4c(F)cccc4F)nnc23)n1. The van der Waals surface area contributed by atoms with Crippen LogP contribution in [0.15, 0.2) is 59.5 Å². The highest BCUT2D eigenvalue weighted by Crippen LogP contribution is 2.30. The molecule has 0 spiro atoms. The summed E-state index contributed by atoms with van der Waals surface area (Å²) in [6.45, 7) is 1.65. The highest BCUT2D eigenvalue weighted by atomic mass is 19.1. The van der Waals surface area contributed by atoms with E-state index < -0.39 is 17.3 Å². The van der Waals surface area contributed by atoms with Crippen molar-refractivity contribution in [3.63, 3.8) is 0 Å². The van der Waals surface area contributed by atoms with Crippen molar-refractivity contribution < 1.29 is 8.78 Å². The number of benzene rings is 2. The Morgan fingerprint density at radius 2 is 1.71 bits per heavy atom. The Bertz CT molecular complexity index is 1490. The van der Waals surface area contributed by atoms with Crippen LogP contribution in [-0.4, -0.2) is 34.9 Å². The van der Waals surface area contributed by atoms with Crippen LogP contribution in [0.25, 0.3) is 39.4 Å². The van der Waals surface area contributed by atoms with Gasteiger partial charge in [0.15, 0.2) is 0 Å². The fraction of sp³-hybridized carbons (Fsp3) is 0.0476. The molecule has 152 valence electrons. The van der Waals surface area contributed by atoms with Gasteiger partial charge in [-0.3, -0.25) is 0 Å². The maximum atomic E-state index is 14.2. The maximum absolute atomic E-state index is 14.2. The first-order valence-electron chi connectivity index (χ1n) is 9.21. The van der Waals surface area contributed by atoms with Crippen molar-refractivity contribution in [2.24, 2.45) is 0 Å². The number of halogens is 2. The summed E-state index contributed by atoms with van der Waals surface area (Å²) in [5, 5.41) is 11.4. The largest absolute Gasteiger partial charge is 0.361 e. The van der Waals surface area contributed by atoms with Crippen LogP contribution in [0, 0.1) is 18.6 Å². The van der Waals surface area contributed by atoms with Crippen molar-refractivity contribution in [1.29, 1.82) is 0 Å². The summed E-state index contributed by atoms with van der Waals surface area (Å²) in [4.78, 5) is 24.0. The molecule has 0 unspecified atom stereocenters. The molecule has 1 N–H and O–H groups in total. The lowest BCUT2D eigenvalue weighted by atomic mass is 10.0. The van der Waals surface area contributed by atoms with Crippen LogP contribution in [0.4, 0.5) is 8.78 Å². The standard InChI is InChI=1S/C21H13F2N7O/c1-11-25-21(31)29-30(11)20-24-9-8-16(26-20)13-5-2-4-12-10-17(27-28-19(12)13)18-14(22)6-3-7-15(18)23/h2-10H,1H3,(H,29,31). The van der Waals surface area contributed by atoms with E-state index >= 15 is 0 Å². The average Bonchev–Trinajstić information content (AvgIpc) is 3.11. The molecule has 5 aromatic rings. The molecule has 0 aliphatic rings. The van der Waals surface area contributed by atoms with E-state index in [4.69, 9.17) is 0 Å². The molecule has 10 heteroatoms. The topological polar surface area (TPSA) is 102 Å². The first-order chi connectivity index (χ1) is 15.0. The molecule has 3 heterocycles. The molecule has 0 atom stereocenters. The molecule has 8 nitrogen and oxygen atoms in total. The molecule has 0 aliphatic heterocycles. The van der Waals surface area contributed by atoms with E-state index in [1.54, 1.807) is 43.5 Å². The van der Waals surface area contributed by atoms with Crippen molar-refractivity contribution in [3.8, 4) is 28.5 Å². The number of H-pyrrole nitrogens is 1. The first kappa shape index (κ1) is 18.7. The maximum Gasteiger partial charge on any atom is 0.361 e. The van der Waals surface area contributed by atoms with Crippen LogP contribution in [0.5, 0.6) is 0 Å². The zero-order chi connectivity index (χ0) is 21.5. The third-order valence-corrected chi connectivity index (χ3v) is 4.75. The van der Waals surface area contributed by atoms with E-state index in [1.165, 1.54) is 22.9 Å². The van der Waals surface area contributed by atoms with Crippen LogP contribution in [0.1, 0.15) is 5.82 Å². The predicted molar refractivity (Wildman–Crippen MR) is 108 cm³/mol. The van der Waals surface area contributed by atoms with Gasteiger partial charge in [0.05, 0.1) is 17.0 Å². The van der Waals surface area contributed by atoms with E-state index in [1.807, 2.05) is 0 Å². The predicted octanol–water partition coefficient (Wildman–Crippen LogP) is 3.21. The Labute approximate surface area is 173 Å². The monoisotopic (exact) mass is 417 g/mol. The van der Waals surface area contributed by atoms with Crippen LogP contribution < -0.4 is 5.69 Å². The average molecular weight is 417 g/mol. The number of hydrogen-bond donors (Lipinski definition) is 1. The Balaban J connectivity index is 1.64. The van der Waals surface area contributed by atoms with Crippen molar-refractivity contribution in [1.82, 2.24) is 34.9 Å². The summed E-state index contributed by atoms with van der Waals surface area (Å²) in [7, 11) is 0. The number of nitrogens with one attached hydrogen (secondary N) is 1. The summed E-state index contributed by atoms with van der Waals surface area (Å²) < 4.78 is 29.7. The lowest BCUT2D eigenvalue weighted by Gasteiger charge is -2.09. The van der Waals surface area contributed by atoms with Gasteiger partial charge in [-0.25, -0.2) is 33.3 Å². The molecule has 5 rings (SSSR count). The number of aromatic amines is 1. The molecular weight excluding hydrogens is 404 g/mol. The van der Waals surface area contributed by atoms with Gasteiger partial charge in [0.1, 0.15) is 23.0 Å². The zero-order valence-electron chi connectivity index (χ0n) is 16.0. The Hall–Kier alpha value is -4.34. The van der Waals surface area contributed by atoms with Crippen LogP contribution in [0.3, 0.4) is 0 Å². The summed E-state index contributed by atoms with van der Waals surface area (Å²) in [6, 6.07) is 12.3. The van der Waals surface area contributed by atoms with Crippen molar-refractivity contribution in [2.75, 3.05) is 0 Å². The number of hydrogen-bond acceptors (Lipinski definition) is 6. The van der Waals surface area contributed by atoms with Gasteiger partial charge in [0.25, 0.3) is 5.95 Å². The quantitative estimate of drug-likeness (QED) is 0.484. The van der Waals surface area contributed by atoms with Crippen LogP contribution in [-0.2, 0) is 0 Å². The third kappa shape index (κ3) is 3.23. The molecule has 0 bridgehead atoms. The van der Waals surface area contributed by atoms with Gasteiger partial charge in [0.2, 0.25) is 0 Å². The van der Waals surface area contributed by atoms with E-state index in [-0.39, 0.29) is 17.2 Å². The molecule has 0 saturated carbocycles. The molecule has 3 aromatic heterocycles. The number of aromatic nitrogens is 7. The van der Waals surface area contributed by atoms with Gasteiger partial charge in [-0.15, -0.1) is 10.2 Å². The minimum absolute atomic E-state index is 0.0928. The Morgan fingerprint density at radius 3 is 2.45 bits per heavy atom. The highest BCUT2D eigenvalue weighted by Gasteiger charge is 2.16. The minimum Gasteiger partial charge on any atom is -0.244 e. The fourth-order valence-corrected chi connectivity index (χ4v) is 3.34. The van der Waals surface area contributed by atoms with Gasteiger partial charge >= 0.3 is 5.69 Å². The van der Waals surface area contributed by atoms with E-state index in [0.29, 0.717) is 28.0 Å². The fourth-order valence-electron chi connectivity index (χ4n) is 3.34. The van der Waals surface area contributed by atoms with Gasteiger partial charge in [-0.05, 0) is 31.2 Å². The lowest BCUT2D eigenvalue weighted by molar-refractivity contribution is 0.588. The molecule has 0 aliphatic carbocycles. The van der Waals surface area contributed by atoms with E-state index in [9.17, 15) is 13.6 Å². The van der Waals surface area contributed by atoms with Crippen molar-refractivity contribution >= 4 is 10.9 Å². The van der Waals surface area contributed by atoms with E-state index in [0.717, 1.165) is 0 Å². The number of aryl methyl sites for hydroxylation is 1.